The summed E-state index contributed by atoms with van der Waals surface area (Å²) < 4.78 is 22.2. The van der Waals surface area contributed by atoms with Crippen molar-refractivity contribution in [1.29, 1.82) is 0 Å². The number of phosphoric acid groups is 2. The third kappa shape index (κ3) is 71.9. The van der Waals surface area contributed by atoms with Gasteiger partial charge in [0.25, 0.3) is 0 Å². The second-order valence-corrected chi connectivity index (χ2v) is 3.68. The van der Waals surface area contributed by atoms with Gasteiger partial charge in [0.05, 0.1) is 0 Å². The zero-order chi connectivity index (χ0) is 7.71. The molecule has 0 saturated heterocycles. The molecule has 0 aliphatic heterocycles. The van der Waals surface area contributed by atoms with Crippen LogP contribution in [-0.2, 0) is 13.4 Å². The first kappa shape index (κ1) is 61.5. The summed E-state index contributed by atoms with van der Waals surface area (Å²) in [4.78, 5) is 31.0. The van der Waals surface area contributed by atoms with Gasteiger partial charge < -0.3 is 52.4 Å². The first-order valence-corrected chi connectivity index (χ1v) is 4.59. The molecule has 17 heteroatoms. The van der Waals surface area contributed by atoms with Crippen LogP contribution in [0.15, 0.2) is 0 Å². The van der Waals surface area contributed by atoms with Crippen LogP contribution in [0.5, 0.6) is 0 Å². The van der Waals surface area contributed by atoms with Gasteiger partial charge in [0.1, 0.15) is 0 Å². The molecule has 0 rings (SSSR count). The van der Waals surface area contributed by atoms with Crippen LogP contribution in [-0.4, -0.2) is 112 Å². The van der Waals surface area contributed by atoms with E-state index in [9.17, 15) is 9.13 Å². The fourth-order valence-electron chi connectivity index (χ4n) is 0.139. The van der Waals surface area contributed by atoms with E-state index in [1.54, 1.807) is 0 Å². The summed E-state index contributed by atoms with van der Waals surface area (Å²) in [6.45, 7) is 0. The normalized spacial score (nSPS) is 7.29. The summed E-state index contributed by atoms with van der Waals surface area (Å²) in [6.07, 6.45) is 0. The molecule has 0 aromatic heterocycles. The van der Waals surface area contributed by atoms with Crippen LogP contribution >= 0.6 is 15.6 Å². The molecule has 0 aromatic rings. The van der Waals surface area contributed by atoms with Gasteiger partial charge in [-0.1, -0.05) is 0 Å². The Kier molecular flexibility index (Phi) is 83.7. The average molecular weight is 334 g/mol. The van der Waals surface area contributed by atoms with E-state index in [0.29, 0.717) is 0 Å². The van der Waals surface area contributed by atoms with Crippen molar-refractivity contribution < 1.29 is 65.9 Å². The Bertz CT molecular complexity index is 158. The minimum atomic E-state index is -5.05. The quantitative estimate of drug-likeness (QED) is 0.278. The molecule has 0 spiro atoms. The molecule has 0 saturated carbocycles. The third-order valence-corrected chi connectivity index (χ3v) is 1.91. The number of hydrogen-bond acceptors (Lipinski definition) is 3. The second-order valence-electron chi connectivity index (χ2n) is 1.06. The molecule has 0 bridgehead atoms. The molecular formula is H18Na2O13P2. The van der Waals surface area contributed by atoms with Gasteiger partial charge in [0.15, 0.2) is 0 Å². The van der Waals surface area contributed by atoms with Crippen LogP contribution in [0.25, 0.3) is 0 Å². The number of hydrogen-bond donors (Lipinski definition) is 4. The van der Waals surface area contributed by atoms with Gasteiger partial charge in [-0.3, -0.25) is 0 Å². The molecular weight excluding hydrogens is 316 g/mol. The maximum absolute atomic E-state index is 9.63. The van der Waals surface area contributed by atoms with Crippen molar-refractivity contribution in [3.05, 3.63) is 0 Å². The standard InChI is InChI=1S/2Na.H4O7P2.6H2O.2H/c;;1-8(2,3)7-9(4,5)6;;;;;;;;/h;;(H2,1,2,3)(H2,4,5,6);6*1H2;;. The topological polar surface area (TPSA) is 313 Å². The van der Waals surface area contributed by atoms with E-state index in [4.69, 9.17) is 19.6 Å². The van der Waals surface area contributed by atoms with Gasteiger partial charge in [-0.15, -0.1) is 0 Å². The fourth-order valence-corrected chi connectivity index (χ4v) is 1.25. The Morgan fingerprint density at radius 3 is 0.706 bits per heavy atom. The summed E-state index contributed by atoms with van der Waals surface area (Å²) in [5, 5.41) is 0. The predicted octanol–water partition coefficient (Wildman–Crippen LogP) is -7.06. The second kappa shape index (κ2) is 23.1. The van der Waals surface area contributed by atoms with Crippen molar-refractivity contribution in [2.75, 3.05) is 0 Å². The van der Waals surface area contributed by atoms with Crippen molar-refractivity contribution >= 4 is 74.8 Å². The molecule has 0 atom stereocenters. The minimum absolute atomic E-state index is 0. The summed E-state index contributed by atoms with van der Waals surface area (Å²) in [5.74, 6) is 0. The van der Waals surface area contributed by atoms with Crippen LogP contribution in [0.2, 0.25) is 0 Å². The zero-order valence-electron chi connectivity index (χ0n) is 6.91. The predicted molar refractivity (Wildman–Crippen MR) is 61.2 cm³/mol. The van der Waals surface area contributed by atoms with Gasteiger partial charge in [-0.2, -0.15) is 4.31 Å². The third-order valence-electron chi connectivity index (χ3n) is 0.213. The average Bonchev–Trinajstić information content (AvgIpc) is 1.14. The van der Waals surface area contributed by atoms with Crippen LogP contribution in [0.1, 0.15) is 0 Å². The van der Waals surface area contributed by atoms with E-state index < -0.39 is 15.6 Å². The van der Waals surface area contributed by atoms with E-state index in [0.717, 1.165) is 0 Å². The molecule has 17 heavy (non-hydrogen) atoms. The van der Waals surface area contributed by atoms with E-state index in [-0.39, 0.29) is 92.0 Å². The molecule has 13 nitrogen and oxygen atoms in total. The van der Waals surface area contributed by atoms with Crippen LogP contribution in [0.4, 0.5) is 0 Å². The molecule has 16 N–H and O–H groups in total. The molecule has 0 aromatic carbocycles. The summed E-state index contributed by atoms with van der Waals surface area (Å²) in [5.41, 5.74) is 0. The molecule has 0 aliphatic carbocycles. The van der Waals surface area contributed by atoms with Crippen molar-refractivity contribution in [1.82, 2.24) is 0 Å². The van der Waals surface area contributed by atoms with Crippen molar-refractivity contribution in [2.45, 2.75) is 0 Å². The maximum atomic E-state index is 9.63. The first-order valence-electron chi connectivity index (χ1n) is 1.53. The summed E-state index contributed by atoms with van der Waals surface area (Å²) in [6, 6.07) is 0. The molecule has 0 unspecified atom stereocenters. The Hall–Kier alpha value is 2.02. The van der Waals surface area contributed by atoms with E-state index in [1.165, 1.54) is 0 Å². The SMILES string of the molecule is O.O.O.O.O.O.O=P(O)(O)OP(=O)(O)O.[NaH].[NaH]. The molecule has 108 valence electrons. The van der Waals surface area contributed by atoms with Crippen LogP contribution in [0, 0.1) is 0 Å². The van der Waals surface area contributed by atoms with E-state index >= 15 is 0 Å². The van der Waals surface area contributed by atoms with E-state index in [1.807, 2.05) is 0 Å². The van der Waals surface area contributed by atoms with Gasteiger partial charge in [-0.25, -0.2) is 9.13 Å². The number of rotatable bonds is 2. The Balaban J connectivity index is -0.0000000114. The van der Waals surface area contributed by atoms with Gasteiger partial charge in [0, 0.05) is 0 Å². The van der Waals surface area contributed by atoms with Crippen molar-refractivity contribution in [3.63, 3.8) is 0 Å². The van der Waals surface area contributed by atoms with E-state index in [2.05, 4.69) is 4.31 Å². The molecule has 0 fully saturated rings. The van der Waals surface area contributed by atoms with Gasteiger partial charge >= 0.3 is 74.8 Å². The Morgan fingerprint density at radius 2 is 0.706 bits per heavy atom. The summed E-state index contributed by atoms with van der Waals surface area (Å²) >= 11 is 0. The van der Waals surface area contributed by atoms with Crippen molar-refractivity contribution in [3.8, 4) is 0 Å². The fraction of sp³-hybridized carbons (Fsp3) is 0. The zero-order valence-corrected chi connectivity index (χ0v) is 8.70. The monoisotopic (exact) mass is 334 g/mol. The van der Waals surface area contributed by atoms with Crippen LogP contribution in [0.3, 0.4) is 0 Å². The Morgan fingerprint density at radius 1 is 0.588 bits per heavy atom. The van der Waals surface area contributed by atoms with Crippen LogP contribution < -0.4 is 0 Å². The summed E-state index contributed by atoms with van der Waals surface area (Å²) in [7, 11) is -10.1. The molecule has 0 heterocycles. The molecule has 0 radical (unpaired) electrons. The first-order chi connectivity index (χ1) is 3.71. The van der Waals surface area contributed by atoms with Crippen molar-refractivity contribution in [2.24, 2.45) is 0 Å². The molecule has 0 aliphatic rings. The Labute approximate surface area is 139 Å². The van der Waals surface area contributed by atoms with Gasteiger partial charge in [-0.05, 0) is 0 Å². The molecule has 0 amide bonds. The van der Waals surface area contributed by atoms with Gasteiger partial charge in [0.2, 0.25) is 0 Å².